The minimum absolute atomic E-state index is 0.449. The fourth-order valence-electron chi connectivity index (χ4n) is 3.18. The zero-order valence-electron chi connectivity index (χ0n) is 14.2. The molecule has 1 fully saturated rings. The summed E-state index contributed by atoms with van der Waals surface area (Å²) in [5, 5.41) is 3.64. The summed E-state index contributed by atoms with van der Waals surface area (Å²) in [6.45, 7) is 10.2. The van der Waals surface area contributed by atoms with Crippen LogP contribution in [0, 0.1) is 11.8 Å². The van der Waals surface area contributed by atoms with E-state index in [2.05, 4.69) is 62.3 Å². The predicted octanol–water partition coefficient (Wildman–Crippen LogP) is 3.88. The number of rotatable bonds is 9. The Morgan fingerprint density at radius 1 is 1.24 bits per heavy atom. The number of nitrogens with zero attached hydrogens (tertiary/aromatic N) is 1. The first-order valence-corrected chi connectivity index (χ1v) is 8.64. The van der Waals surface area contributed by atoms with Crippen molar-refractivity contribution in [1.82, 2.24) is 10.2 Å². The fourth-order valence-corrected chi connectivity index (χ4v) is 3.18. The molecule has 1 saturated carbocycles. The quantitative estimate of drug-likeness (QED) is 0.742. The van der Waals surface area contributed by atoms with Crippen LogP contribution >= 0.6 is 0 Å². The van der Waals surface area contributed by atoms with Gasteiger partial charge in [-0.1, -0.05) is 51.5 Å². The van der Waals surface area contributed by atoms with Gasteiger partial charge < -0.3 is 10.2 Å². The van der Waals surface area contributed by atoms with E-state index in [9.17, 15) is 0 Å². The van der Waals surface area contributed by atoms with E-state index in [1.807, 2.05) is 0 Å². The van der Waals surface area contributed by atoms with E-state index < -0.39 is 0 Å². The van der Waals surface area contributed by atoms with Crippen LogP contribution in [0.4, 0.5) is 0 Å². The average molecular weight is 288 g/mol. The third kappa shape index (κ3) is 5.12. The van der Waals surface area contributed by atoms with Crippen molar-refractivity contribution in [3.05, 3.63) is 35.4 Å². The molecule has 1 aliphatic carbocycles. The van der Waals surface area contributed by atoms with Crippen molar-refractivity contribution < 1.29 is 0 Å². The third-order valence-corrected chi connectivity index (χ3v) is 4.69. The minimum atomic E-state index is 0.449. The van der Waals surface area contributed by atoms with Gasteiger partial charge in [0, 0.05) is 19.1 Å². The van der Waals surface area contributed by atoms with Gasteiger partial charge in [0.1, 0.15) is 0 Å². The molecule has 118 valence electrons. The van der Waals surface area contributed by atoms with Gasteiger partial charge in [-0.2, -0.15) is 0 Å². The molecule has 0 bridgehead atoms. The van der Waals surface area contributed by atoms with Crippen LogP contribution in [0.15, 0.2) is 24.3 Å². The molecule has 0 aliphatic heterocycles. The predicted molar refractivity (Wildman–Crippen MR) is 91.6 cm³/mol. The highest BCUT2D eigenvalue weighted by atomic mass is 15.1. The first-order valence-electron chi connectivity index (χ1n) is 8.64. The lowest BCUT2D eigenvalue weighted by Crippen LogP contribution is -2.34. The Morgan fingerprint density at radius 3 is 2.43 bits per heavy atom. The van der Waals surface area contributed by atoms with Crippen molar-refractivity contribution in [1.29, 1.82) is 0 Å². The zero-order chi connectivity index (χ0) is 15.2. The number of likely N-dealkylation sites (N-methyl/N-ethyl adjacent to an activating group) is 2. The molecule has 1 aromatic rings. The SMILES string of the molecule is CCCc1ccc(C(CN(C)CC2CC2C)NCC)cc1. The first-order chi connectivity index (χ1) is 10.1. The highest BCUT2D eigenvalue weighted by molar-refractivity contribution is 5.25. The maximum atomic E-state index is 3.64. The smallest absolute Gasteiger partial charge is 0.0449 e. The van der Waals surface area contributed by atoms with Gasteiger partial charge in [0.2, 0.25) is 0 Å². The Balaban J connectivity index is 1.93. The van der Waals surface area contributed by atoms with Crippen LogP contribution in [-0.2, 0) is 6.42 Å². The Kier molecular flexibility index (Phi) is 6.25. The standard InChI is InChI=1S/C19H32N2/c1-5-7-16-8-10-17(11-9-16)19(20-6-2)14-21(4)13-18-12-15(18)3/h8-11,15,18-20H,5-7,12-14H2,1-4H3. The van der Waals surface area contributed by atoms with Crippen LogP contribution in [-0.4, -0.2) is 31.6 Å². The molecule has 0 amide bonds. The summed E-state index contributed by atoms with van der Waals surface area (Å²) in [5.74, 6) is 1.88. The van der Waals surface area contributed by atoms with Crippen LogP contribution in [0.5, 0.6) is 0 Å². The van der Waals surface area contributed by atoms with Crippen molar-refractivity contribution in [2.24, 2.45) is 11.8 Å². The van der Waals surface area contributed by atoms with E-state index in [0.717, 1.165) is 24.9 Å². The van der Waals surface area contributed by atoms with Gasteiger partial charge in [0.05, 0.1) is 0 Å². The summed E-state index contributed by atoms with van der Waals surface area (Å²) < 4.78 is 0. The Bertz CT molecular complexity index is 412. The Labute approximate surface area is 130 Å². The number of aryl methyl sites for hydroxylation is 1. The lowest BCUT2D eigenvalue weighted by molar-refractivity contribution is 0.278. The number of hydrogen-bond acceptors (Lipinski definition) is 2. The topological polar surface area (TPSA) is 15.3 Å². The van der Waals surface area contributed by atoms with Crippen LogP contribution < -0.4 is 5.32 Å². The largest absolute Gasteiger partial charge is 0.309 e. The molecule has 1 N–H and O–H groups in total. The van der Waals surface area contributed by atoms with Gasteiger partial charge in [-0.15, -0.1) is 0 Å². The minimum Gasteiger partial charge on any atom is -0.309 e. The maximum absolute atomic E-state index is 3.64. The van der Waals surface area contributed by atoms with E-state index in [-0.39, 0.29) is 0 Å². The second-order valence-electron chi connectivity index (χ2n) is 6.80. The molecule has 2 nitrogen and oxygen atoms in total. The van der Waals surface area contributed by atoms with Gasteiger partial charge in [0.15, 0.2) is 0 Å². The van der Waals surface area contributed by atoms with Gasteiger partial charge in [-0.05, 0) is 49.4 Å². The van der Waals surface area contributed by atoms with Crippen molar-refractivity contribution in [2.45, 2.75) is 46.1 Å². The highest BCUT2D eigenvalue weighted by Gasteiger charge is 2.33. The lowest BCUT2D eigenvalue weighted by atomic mass is 10.0. The van der Waals surface area contributed by atoms with Crippen LogP contribution in [0.3, 0.4) is 0 Å². The van der Waals surface area contributed by atoms with E-state index in [4.69, 9.17) is 0 Å². The normalized spacial score (nSPS) is 22.5. The molecule has 0 radical (unpaired) electrons. The molecule has 1 aliphatic rings. The summed E-state index contributed by atoms with van der Waals surface area (Å²) in [6, 6.07) is 9.67. The summed E-state index contributed by atoms with van der Waals surface area (Å²) in [7, 11) is 2.26. The van der Waals surface area contributed by atoms with Crippen LogP contribution in [0.25, 0.3) is 0 Å². The van der Waals surface area contributed by atoms with Gasteiger partial charge in [0.25, 0.3) is 0 Å². The fraction of sp³-hybridized carbons (Fsp3) is 0.684. The lowest BCUT2D eigenvalue weighted by Gasteiger charge is -2.25. The average Bonchev–Trinajstić information content (AvgIpc) is 3.14. The summed E-state index contributed by atoms with van der Waals surface area (Å²) in [5.41, 5.74) is 2.88. The molecule has 21 heavy (non-hydrogen) atoms. The van der Waals surface area contributed by atoms with Crippen molar-refractivity contribution in [3.8, 4) is 0 Å². The van der Waals surface area contributed by atoms with E-state index in [0.29, 0.717) is 6.04 Å². The maximum Gasteiger partial charge on any atom is 0.0449 e. The summed E-state index contributed by atoms with van der Waals surface area (Å²) in [6.07, 6.45) is 3.83. The second kappa shape index (κ2) is 7.95. The van der Waals surface area contributed by atoms with Crippen molar-refractivity contribution in [2.75, 3.05) is 26.7 Å². The van der Waals surface area contributed by atoms with E-state index in [1.165, 1.54) is 36.9 Å². The summed E-state index contributed by atoms with van der Waals surface area (Å²) >= 11 is 0. The Morgan fingerprint density at radius 2 is 1.90 bits per heavy atom. The Hall–Kier alpha value is -0.860. The van der Waals surface area contributed by atoms with Crippen molar-refractivity contribution >= 4 is 0 Å². The number of nitrogens with one attached hydrogen (secondary N) is 1. The van der Waals surface area contributed by atoms with Gasteiger partial charge in [-0.25, -0.2) is 0 Å². The molecule has 2 rings (SSSR count). The number of benzene rings is 1. The molecule has 1 aromatic carbocycles. The summed E-state index contributed by atoms with van der Waals surface area (Å²) in [4.78, 5) is 2.50. The molecule has 3 unspecified atom stereocenters. The van der Waals surface area contributed by atoms with Crippen LogP contribution in [0.2, 0.25) is 0 Å². The monoisotopic (exact) mass is 288 g/mol. The van der Waals surface area contributed by atoms with Crippen molar-refractivity contribution in [3.63, 3.8) is 0 Å². The molecule has 3 atom stereocenters. The molecule has 2 heteroatoms. The highest BCUT2D eigenvalue weighted by Crippen LogP contribution is 2.38. The first kappa shape index (κ1) is 16.5. The third-order valence-electron chi connectivity index (χ3n) is 4.69. The van der Waals surface area contributed by atoms with E-state index in [1.54, 1.807) is 0 Å². The van der Waals surface area contributed by atoms with E-state index >= 15 is 0 Å². The molecule has 0 heterocycles. The molecule has 0 saturated heterocycles. The van der Waals surface area contributed by atoms with Gasteiger partial charge >= 0.3 is 0 Å². The molecule has 0 spiro atoms. The molecular weight excluding hydrogens is 256 g/mol. The second-order valence-corrected chi connectivity index (χ2v) is 6.80. The molecular formula is C19H32N2. The molecule has 0 aromatic heterocycles. The number of hydrogen-bond donors (Lipinski definition) is 1. The van der Waals surface area contributed by atoms with Crippen LogP contribution in [0.1, 0.15) is 50.8 Å². The zero-order valence-corrected chi connectivity index (χ0v) is 14.2. The van der Waals surface area contributed by atoms with Gasteiger partial charge in [-0.3, -0.25) is 0 Å².